The van der Waals surface area contributed by atoms with Crippen molar-refractivity contribution in [1.82, 2.24) is 15.1 Å². The molecule has 0 radical (unpaired) electrons. The summed E-state index contributed by atoms with van der Waals surface area (Å²) in [6.45, 7) is 6.74. The topological polar surface area (TPSA) is 152 Å². The van der Waals surface area contributed by atoms with E-state index in [0.29, 0.717) is 17.1 Å². The molecule has 1 aliphatic rings. The van der Waals surface area contributed by atoms with Gasteiger partial charge in [-0.1, -0.05) is 30.3 Å². The summed E-state index contributed by atoms with van der Waals surface area (Å²) in [6.07, 6.45) is 1.49. The Balaban J connectivity index is 1.87. The number of ether oxygens (including phenoxy) is 3. The second kappa shape index (κ2) is 12.9. The average Bonchev–Trinajstić information content (AvgIpc) is 3.42. The van der Waals surface area contributed by atoms with Crippen LogP contribution in [0.5, 0.6) is 0 Å². The number of non-ortho nitro benzene ring substituents is 1. The lowest BCUT2D eigenvalue weighted by molar-refractivity contribution is -0.384. The van der Waals surface area contributed by atoms with E-state index in [9.17, 15) is 24.5 Å². The molecule has 0 aliphatic carbocycles. The normalized spacial score (nSPS) is 14.7. The van der Waals surface area contributed by atoms with Crippen molar-refractivity contribution in [3.8, 4) is 5.69 Å². The van der Waals surface area contributed by atoms with E-state index in [-0.39, 0.29) is 47.9 Å². The summed E-state index contributed by atoms with van der Waals surface area (Å²) >= 11 is 0. The molecule has 0 saturated carbocycles. The van der Waals surface area contributed by atoms with E-state index in [2.05, 4.69) is 10.4 Å². The molecule has 1 N–H and O–H groups in total. The van der Waals surface area contributed by atoms with E-state index < -0.39 is 28.7 Å². The fourth-order valence-corrected chi connectivity index (χ4v) is 4.67. The van der Waals surface area contributed by atoms with Gasteiger partial charge in [-0.05, 0) is 45.4 Å². The number of allylic oxidation sites excluding steroid dienone is 2. The van der Waals surface area contributed by atoms with Crippen molar-refractivity contribution < 1.29 is 33.5 Å². The Hall–Kier alpha value is -5.26. The molecule has 0 saturated heterocycles. The lowest BCUT2D eigenvalue weighted by Crippen LogP contribution is -2.33. The molecule has 0 fully saturated rings. The van der Waals surface area contributed by atoms with Gasteiger partial charge in [-0.25, -0.2) is 19.1 Å². The number of rotatable bonds is 10. The Kier molecular flexibility index (Phi) is 9.15. The van der Waals surface area contributed by atoms with Crippen LogP contribution in [0, 0.1) is 10.1 Å². The highest BCUT2D eigenvalue weighted by molar-refractivity contribution is 6.01. The summed E-state index contributed by atoms with van der Waals surface area (Å²) < 4.78 is 17.6. The van der Waals surface area contributed by atoms with Crippen LogP contribution in [0.4, 0.5) is 5.69 Å². The Labute approximate surface area is 241 Å². The van der Waals surface area contributed by atoms with Crippen LogP contribution in [-0.2, 0) is 30.4 Å². The summed E-state index contributed by atoms with van der Waals surface area (Å²) in [7, 11) is 0. The highest BCUT2D eigenvalue weighted by atomic mass is 16.6. The van der Waals surface area contributed by atoms with Gasteiger partial charge in [0.2, 0.25) is 0 Å². The lowest BCUT2D eigenvalue weighted by atomic mass is 9.80. The first-order valence-electron chi connectivity index (χ1n) is 13.2. The van der Waals surface area contributed by atoms with E-state index >= 15 is 0 Å². The SMILES string of the molecule is CCOC(=O)C1=C(C)NC(C)=C(C(=O)OCc2ccccc2)C1c1cn(-c2ccc([N+](=O)[O-])cc2)nc1C(=O)OCC. The van der Waals surface area contributed by atoms with Crippen molar-refractivity contribution in [3.05, 3.63) is 110 Å². The first kappa shape index (κ1) is 29.7. The van der Waals surface area contributed by atoms with Crippen LogP contribution in [0.1, 0.15) is 55.2 Å². The number of carbonyl (C=O) groups excluding carboxylic acids is 3. The van der Waals surface area contributed by atoms with Gasteiger partial charge in [0.15, 0.2) is 5.69 Å². The molecule has 12 nitrogen and oxygen atoms in total. The molecule has 4 rings (SSSR count). The third-order valence-electron chi connectivity index (χ3n) is 6.54. The number of benzene rings is 2. The van der Waals surface area contributed by atoms with E-state index in [0.717, 1.165) is 5.56 Å². The number of hydrogen-bond donors (Lipinski definition) is 1. The van der Waals surface area contributed by atoms with E-state index in [1.165, 1.54) is 35.1 Å². The number of nitrogens with zero attached hydrogens (tertiary/aromatic N) is 3. The maximum atomic E-state index is 13.7. The molecule has 2 aromatic carbocycles. The quantitative estimate of drug-likeness (QED) is 0.159. The first-order chi connectivity index (χ1) is 20.2. The van der Waals surface area contributed by atoms with Crippen molar-refractivity contribution in [2.45, 2.75) is 40.2 Å². The molecule has 1 aliphatic heterocycles. The number of esters is 3. The van der Waals surface area contributed by atoms with Gasteiger partial charge < -0.3 is 19.5 Å². The predicted octanol–water partition coefficient (Wildman–Crippen LogP) is 4.50. The molecule has 1 aromatic heterocycles. The van der Waals surface area contributed by atoms with Crippen LogP contribution in [0.25, 0.3) is 5.69 Å². The predicted molar refractivity (Wildman–Crippen MR) is 150 cm³/mol. The molecule has 218 valence electrons. The van der Waals surface area contributed by atoms with Gasteiger partial charge in [0.1, 0.15) is 6.61 Å². The van der Waals surface area contributed by atoms with Crippen LogP contribution in [0.15, 0.2) is 83.3 Å². The van der Waals surface area contributed by atoms with Gasteiger partial charge in [-0.15, -0.1) is 0 Å². The zero-order chi connectivity index (χ0) is 30.4. The molecule has 0 amide bonds. The van der Waals surface area contributed by atoms with Crippen molar-refractivity contribution in [3.63, 3.8) is 0 Å². The molecule has 1 unspecified atom stereocenters. The standard InChI is InChI=1S/C30H30N4O8/c1-5-40-28(35)24-18(3)31-19(4)25(29(36)42-17-20-10-8-7-9-11-20)26(24)23-16-33(32-27(23)30(37)41-6-2)21-12-14-22(15-13-21)34(38)39/h7-16,26,31H,5-6,17H2,1-4H3. The van der Waals surface area contributed by atoms with Crippen molar-refractivity contribution in [2.75, 3.05) is 13.2 Å². The fraction of sp³-hybridized carbons (Fsp3) is 0.267. The van der Waals surface area contributed by atoms with Crippen molar-refractivity contribution >= 4 is 23.6 Å². The van der Waals surface area contributed by atoms with Crippen molar-refractivity contribution in [1.29, 1.82) is 0 Å². The molecule has 1 atom stereocenters. The van der Waals surface area contributed by atoms with Gasteiger partial charge in [-0.2, -0.15) is 5.10 Å². The second-order valence-electron chi connectivity index (χ2n) is 9.29. The van der Waals surface area contributed by atoms with Crippen LogP contribution >= 0.6 is 0 Å². The van der Waals surface area contributed by atoms with E-state index in [1.807, 2.05) is 30.3 Å². The Morgan fingerprint density at radius 3 is 2.02 bits per heavy atom. The molecule has 3 aromatic rings. The fourth-order valence-electron chi connectivity index (χ4n) is 4.67. The summed E-state index contributed by atoms with van der Waals surface area (Å²) in [5, 5.41) is 18.7. The maximum absolute atomic E-state index is 13.7. The third kappa shape index (κ3) is 6.22. The minimum atomic E-state index is -1.11. The summed E-state index contributed by atoms with van der Waals surface area (Å²) in [6, 6.07) is 14.6. The third-order valence-corrected chi connectivity index (χ3v) is 6.54. The Morgan fingerprint density at radius 2 is 1.45 bits per heavy atom. The minimum absolute atomic E-state index is 0.0204. The largest absolute Gasteiger partial charge is 0.463 e. The van der Waals surface area contributed by atoms with Crippen molar-refractivity contribution in [2.24, 2.45) is 0 Å². The highest BCUT2D eigenvalue weighted by Gasteiger charge is 2.41. The molecular formula is C30H30N4O8. The number of dihydropyridines is 1. The number of nitrogens with one attached hydrogen (secondary N) is 1. The van der Waals surface area contributed by atoms with Crippen LogP contribution in [0.3, 0.4) is 0 Å². The zero-order valence-electron chi connectivity index (χ0n) is 23.6. The van der Waals surface area contributed by atoms with Gasteiger partial charge >= 0.3 is 17.9 Å². The zero-order valence-corrected chi connectivity index (χ0v) is 23.6. The van der Waals surface area contributed by atoms with E-state index in [4.69, 9.17) is 14.2 Å². The monoisotopic (exact) mass is 574 g/mol. The molecule has 2 heterocycles. The smallest absolute Gasteiger partial charge is 0.359 e. The maximum Gasteiger partial charge on any atom is 0.359 e. The van der Waals surface area contributed by atoms with E-state index in [1.54, 1.807) is 27.7 Å². The van der Waals surface area contributed by atoms with Crippen LogP contribution in [0.2, 0.25) is 0 Å². The molecular weight excluding hydrogens is 544 g/mol. The Bertz CT molecular complexity index is 1570. The number of nitro groups is 1. The highest BCUT2D eigenvalue weighted by Crippen LogP contribution is 2.41. The summed E-state index contributed by atoms with van der Waals surface area (Å²) in [5.41, 5.74) is 2.13. The Morgan fingerprint density at radius 1 is 0.881 bits per heavy atom. The van der Waals surface area contributed by atoms with Gasteiger partial charge in [0.25, 0.3) is 5.69 Å². The minimum Gasteiger partial charge on any atom is -0.463 e. The van der Waals surface area contributed by atoms with Gasteiger partial charge in [-0.3, -0.25) is 10.1 Å². The molecule has 12 heteroatoms. The number of hydrogen-bond acceptors (Lipinski definition) is 10. The first-order valence-corrected chi connectivity index (χ1v) is 13.2. The number of carbonyl (C=O) groups is 3. The second-order valence-corrected chi connectivity index (χ2v) is 9.29. The molecule has 0 bridgehead atoms. The average molecular weight is 575 g/mol. The van der Waals surface area contributed by atoms with Crippen LogP contribution in [-0.4, -0.2) is 45.8 Å². The van der Waals surface area contributed by atoms with Gasteiger partial charge in [0, 0.05) is 35.3 Å². The molecule has 42 heavy (non-hydrogen) atoms. The molecule has 0 spiro atoms. The van der Waals surface area contributed by atoms with Gasteiger partial charge in [0.05, 0.1) is 40.9 Å². The number of aromatic nitrogens is 2. The summed E-state index contributed by atoms with van der Waals surface area (Å²) in [4.78, 5) is 50.8. The van der Waals surface area contributed by atoms with Crippen LogP contribution < -0.4 is 5.32 Å². The number of nitro benzene ring substituents is 1. The summed E-state index contributed by atoms with van der Waals surface area (Å²) in [5.74, 6) is -3.28. The lowest BCUT2D eigenvalue weighted by Gasteiger charge is -2.30.